The highest BCUT2D eigenvalue weighted by Gasteiger charge is 2.34. The molecule has 2 aromatic rings. The molecule has 23 heavy (non-hydrogen) atoms. The minimum Gasteiger partial charge on any atom is -0.360 e. The number of hydrogen-bond acceptors (Lipinski definition) is 5. The van der Waals surface area contributed by atoms with E-state index in [2.05, 4.69) is 10.5 Å². The van der Waals surface area contributed by atoms with E-state index >= 15 is 0 Å². The third-order valence-corrected chi connectivity index (χ3v) is 4.86. The van der Waals surface area contributed by atoms with Gasteiger partial charge < -0.3 is 14.7 Å². The molecule has 1 fully saturated rings. The van der Waals surface area contributed by atoms with Crippen molar-refractivity contribution in [2.24, 2.45) is 0 Å². The van der Waals surface area contributed by atoms with E-state index in [0.29, 0.717) is 31.0 Å². The quantitative estimate of drug-likeness (QED) is 0.912. The predicted molar refractivity (Wildman–Crippen MR) is 87.2 cm³/mol. The first-order valence-corrected chi connectivity index (χ1v) is 8.57. The molecular formula is C16H19N3O3S. The largest absolute Gasteiger partial charge is 0.360 e. The van der Waals surface area contributed by atoms with Gasteiger partial charge in [0.25, 0.3) is 0 Å². The van der Waals surface area contributed by atoms with Gasteiger partial charge in [-0.1, -0.05) is 11.2 Å². The highest BCUT2D eigenvalue weighted by molar-refractivity contribution is 7.09. The van der Waals surface area contributed by atoms with Gasteiger partial charge in [0.05, 0.1) is 0 Å². The summed E-state index contributed by atoms with van der Waals surface area (Å²) in [4.78, 5) is 27.7. The molecule has 1 saturated heterocycles. The van der Waals surface area contributed by atoms with Crippen LogP contribution in [0.4, 0.5) is 5.82 Å². The number of nitrogens with zero attached hydrogens (tertiary/aromatic N) is 2. The van der Waals surface area contributed by atoms with Crippen molar-refractivity contribution in [3.8, 4) is 0 Å². The smallest absolute Gasteiger partial charge is 0.248 e. The van der Waals surface area contributed by atoms with Crippen molar-refractivity contribution in [3.05, 3.63) is 34.2 Å². The highest BCUT2D eigenvalue weighted by Crippen LogP contribution is 2.21. The standard InChI is InChI=1S/C16H19N3O3S/c1-11-10-14(18-22-11)17-16(21)13-5-2-8-19(13)15(20)7-6-12-4-3-9-23-12/h3-4,9-10,13H,2,5-8H2,1H3,(H,17,18,21)/t13-/m0/s1. The van der Waals surface area contributed by atoms with E-state index in [1.54, 1.807) is 29.2 Å². The van der Waals surface area contributed by atoms with Gasteiger partial charge in [0.1, 0.15) is 11.8 Å². The molecule has 3 heterocycles. The van der Waals surface area contributed by atoms with Gasteiger partial charge in [0.2, 0.25) is 11.8 Å². The van der Waals surface area contributed by atoms with Gasteiger partial charge in [-0.25, -0.2) is 0 Å². The number of anilines is 1. The average molecular weight is 333 g/mol. The molecule has 122 valence electrons. The number of likely N-dealkylation sites (tertiary alicyclic amines) is 1. The zero-order valence-corrected chi connectivity index (χ0v) is 13.8. The lowest BCUT2D eigenvalue weighted by Crippen LogP contribution is -2.43. The molecule has 1 aliphatic rings. The first-order valence-electron chi connectivity index (χ1n) is 7.69. The van der Waals surface area contributed by atoms with Crippen molar-refractivity contribution >= 4 is 29.0 Å². The van der Waals surface area contributed by atoms with E-state index in [9.17, 15) is 9.59 Å². The monoisotopic (exact) mass is 333 g/mol. The number of nitrogens with one attached hydrogen (secondary N) is 1. The summed E-state index contributed by atoms with van der Waals surface area (Å²) in [5.41, 5.74) is 0. The molecule has 2 amide bonds. The van der Waals surface area contributed by atoms with Crippen molar-refractivity contribution in [1.82, 2.24) is 10.1 Å². The van der Waals surface area contributed by atoms with Crippen LogP contribution in [0.3, 0.4) is 0 Å². The third kappa shape index (κ3) is 3.79. The molecule has 0 spiro atoms. The highest BCUT2D eigenvalue weighted by atomic mass is 32.1. The van der Waals surface area contributed by atoms with Crippen LogP contribution in [0, 0.1) is 6.92 Å². The van der Waals surface area contributed by atoms with Crippen LogP contribution < -0.4 is 5.32 Å². The lowest BCUT2D eigenvalue weighted by atomic mass is 10.2. The lowest BCUT2D eigenvalue weighted by Gasteiger charge is -2.23. The number of carbonyl (C=O) groups excluding carboxylic acids is 2. The zero-order valence-electron chi connectivity index (χ0n) is 12.9. The second kappa shape index (κ2) is 6.95. The average Bonchev–Trinajstić information content (AvgIpc) is 3.26. The molecule has 2 aromatic heterocycles. The Morgan fingerprint density at radius 1 is 1.52 bits per heavy atom. The molecule has 0 saturated carbocycles. The number of aromatic nitrogens is 1. The maximum atomic E-state index is 12.4. The van der Waals surface area contributed by atoms with E-state index in [0.717, 1.165) is 12.8 Å². The molecular weight excluding hydrogens is 314 g/mol. The van der Waals surface area contributed by atoms with Crippen molar-refractivity contribution in [2.45, 2.75) is 38.6 Å². The van der Waals surface area contributed by atoms with E-state index in [-0.39, 0.29) is 11.8 Å². The summed E-state index contributed by atoms with van der Waals surface area (Å²) < 4.78 is 4.94. The molecule has 0 radical (unpaired) electrons. The van der Waals surface area contributed by atoms with Crippen LogP contribution in [0.1, 0.15) is 29.9 Å². The zero-order chi connectivity index (χ0) is 16.2. The maximum absolute atomic E-state index is 12.4. The number of carbonyl (C=O) groups is 2. The Labute approximate surface area is 138 Å². The molecule has 1 aliphatic heterocycles. The van der Waals surface area contributed by atoms with Crippen molar-refractivity contribution in [2.75, 3.05) is 11.9 Å². The molecule has 0 aromatic carbocycles. The van der Waals surface area contributed by atoms with Gasteiger partial charge in [-0.2, -0.15) is 0 Å². The lowest BCUT2D eigenvalue weighted by molar-refractivity contribution is -0.136. The van der Waals surface area contributed by atoms with Crippen LogP contribution in [-0.4, -0.2) is 34.5 Å². The van der Waals surface area contributed by atoms with E-state index in [1.807, 2.05) is 17.5 Å². The Hall–Kier alpha value is -2.15. The molecule has 1 N–H and O–H groups in total. The summed E-state index contributed by atoms with van der Waals surface area (Å²) in [7, 11) is 0. The van der Waals surface area contributed by atoms with Crippen molar-refractivity contribution in [3.63, 3.8) is 0 Å². The van der Waals surface area contributed by atoms with Crippen LogP contribution in [-0.2, 0) is 16.0 Å². The summed E-state index contributed by atoms with van der Waals surface area (Å²) in [6.45, 7) is 2.40. The summed E-state index contributed by atoms with van der Waals surface area (Å²) in [6, 6.07) is 5.26. The van der Waals surface area contributed by atoms with Crippen LogP contribution in [0.2, 0.25) is 0 Å². The second-order valence-electron chi connectivity index (χ2n) is 5.64. The number of aryl methyl sites for hydroxylation is 2. The van der Waals surface area contributed by atoms with Crippen LogP contribution in [0.25, 0.3) is 0 Å². The summed E-state index contributed by atoms with van der Waals surface area (Å²) in [5.74, 6) is 0.869. The number of thiophene rings is 1. The Kier molecular flexibility index (Phi) is 4.76. The minimum absolute atomic E-state index is 0.0346. The van der Waals surface area contributed by atoms with E-state index < -0.39 is 6.04 Å². The fraction of sp³-hybridized carbons (Fsp3) is 0.438. The number of rotatable bonds is 5. The van der Waals surface area contributed by atoms with Crippen LogP contribution >= 0.6 is 11.3 Å². The van der Waals surface area contributed by atoms with E-state index in [4.69, 9.17) is 4.52 Å². The van der Waals surface area contributed by atoms with Gasteiger partial charge in [-0.05, 0) is 37.6 Å². The molecule has 0 bridgehead atoms. The number of amides is 2. The Morgan fingerprint density at radius 3 is 3.09 bits per heavy atom. The molecule has 0 unspecified atom stereocenters. The Morgan fingerprint density at radius 2 is 2.39 bits per heavy atom. The Bertz CT molecular complexity index is 681. The molecule has 7 heteroatoms. The molecule has 0 aliphatic carbocycles. The fourth-order valence-corrected chi connectivity index (χ4v) is 3.51. The van der Waals surface area contributed by atoms with Gasteiger partial charge in [-0.3, -0.25) is 9.59 Å². The van der Waals surface area contributed by atoms with E-state index in [1.165, 1.54) is 4.88 Å². The first-order chi connectivity index (χ1) is 11.1. The second-order valence-corrected chi connectivity index (χ2v) is 6.67. The van der Waals surface area contributed by atoms with Gasteiger partial charge >= 0.3 is 0 Å². The summed E-state index contributed by atoms with van der Waals surface area (Å²) in [5, 5.41) is 8.49. The molecule has 3 rings (SSSR count). The van der Waals surface area contributed by atoms with Crippen molar-refractivity contribution in [1.29, 1.82) is 0 Å². The number of hydrogen-bond donors (Lipinski definition) is 1. The van der Waals surface area contributed by atoms with Gasteiger partial charge in [0.15, 0.2) is 5.82 Å². The molecule has 1 atom stereocenters. The maximum Gasteiger partial charge on any atom is 0.248 e. The predicted octanol–water partition coefficient (Wildman–Crippen LogP) is 2.61. The first kappa shape index (κ1) is 15.7. The topological polar surface area (TPSA) is 75.4 Å². The minimum atomic E-state index is -0.414. The summed E-state index contributed by atoms with van der Waals surface area (Å²) in [6.07, 6.45) is 2.70. The fourth-order valence-electron chi connectivity index (χ4n) is 2.80. The normalized spacial score (nSPS) is 17.4. The van der Waals surface area contributed by atoms with Gasteiger partial charge in [0, 0.05) is 23.9 Å². The van der Waals surface area contributed by atoms with Crippen molar-refractivity contribution < 1.29 is 14.1 Å². The SMILES string of the molecule is Cc1cc(NC(=O)[C@@H]2CCCN2C(=O)CCc2cccs2)no1. The summed E-state index contributed by atoms with van der Waals surface area (Å²) >= 11 is 1.65. The van der Waals surface area contributed by atoms with Gasteiger partial charge in [-0.15, -0.1) is 11.3 Å². The van der Waals surface area contributed by atoms with Crippen LogP contribution in [0.5, 0.6) is 0 Å². The Balaban J connectivity index is 1.58. The van der Waals surface area contributed by atoms with Crippen LogP contribution in [0.15, 0.2) is 28.1 Å². The third-order valence-electron chi connectivity index (χ3n) is 3.92. The molecule has 6 nitrogen and oxygen atoms in total.